The Morgan fingerprint density at radius 1 is 1.26 bits per heavy atom. The van der Waals surface area contributed by atoms with Crippen LogP contribution in [0.3, 0.4) is 0 Å². The van der Waals surface area contributed by atoms with Gasteiger partial charge in [0.2, 0.25) is 5.88 Å². The minimum absolute atomic E-state index is 0.237. The summed E-state index contributed by atoms with van der Waals surface area (Å²) in [6, 6.07) is 3.96. The van der Waals surface area contributed by atoms with Gasteiger partial charge in [0.1, 0.15) is 5.82 Å². The van der Waals surface area contributed by atoms with Crippen molar-refractivity contribution < 1.29 is 14.6 Å². The minimum Gasteiger partial charge on any atom is -0.493 e. The van der Waals surface area contributed by atoms with Crippen LogP contribution in [0.25, 0.3) is 0 Å². The molecule has 1 unspecified atom stereocenters. The zero-order valence-corrected chi connectivity index (χ0v) is 10.5. The Kier molecular flexibility index (Phi) is 2.78. The van der Waals surface area contributed by atoms with Gasteiger partial charge in [-0.25, -0.2) is 4.39 Å². The zero-order valence-electron chi connectivity index (χ0n) is 9.77. The van der Waals surface area contributed by atoms with Crippen molar-refractivity contribution in [2.45, 2.75) is 18.8 Å². The van der Waals surface area contributed by atoms with E-state index >= 15 is 0 Å². The van der Waals surface area contributed by atoms with Crippen molar-refractivity contribution in [3.63, 3.8) is 0 Å². The number of benzene rings is 1. The van der Waals surface area contributed by atoms with E-state index in [0.717, 1.165) is 0 Å². The maximum absolute atomic E-state index is 13.9. The molecule has 1 aliphatic rings. The molecule has 2 N–H and O–H groups in total. The molecule has 0 spiro atoms. The largest absolute Gasteiger partial charge is 0.493 e. The van der Waals surface area contributed by atoms with Gasteiger partial charge in [0.05, 0.1) is 5.69 Å². The van der Waals surface area contributed by atoms with Crippen molar-refractivity contribution >= 4 is 11.6 Å². The Morgan fingerprint density at radius 3 is 2.79 bits per heavy atom. The first-order chi connectivity index (χ1) is 9.06. The van der Waals surface area contributed by atoms with Crippen molar-refractivity contribution in [3.05, 3.63) is 45.9 Å². The van der Waals surface area contributed by atoms with Gasteiger partial charge in [-0.3, -0.25) is 0 Å². The van der Waals surface area contributed by atoms with Gasteiger partial charge in [-0.05, 0) is 30.5 Å². The van der Waals surface area contributed by atoms with Gasteiger partial charge in [-0.1, -0.05) is 17.7 Å². The van der Waals surface area contributed by atoms with Crippen LogP contribution in [0.15, 0.2) is 18.2 Å². The summed E-state index contributed by atoms with van der Waals surface area (Å²) in [5.41, 5.74) is 1.50. The van der Waals surface area contributed by atoms with Gasteiger partial charge in [-0.15, -0.1) is 0 Å². The number of hydrogen-bond acceptors (Lipinski definition) is 4. The number of rotatable bonds is 1. The topological polar surface area (TPSA) is 66.2 Å². The summed E-state index contributed by atoms with van der Waals surface area (Å²) in [7, 11) is 0. The molecule has 1 aromatic carbocycles. The van der Waals surface area contributed by atoms with E-state index in [0.29, 0.717) is 34.7 Å². The number of hydrogen-bond donors (Lipinski definition) is 2. The predicted octanol–water partition coefficient (Wildman–Crippen LogP) is 2.76. The van der Waals surface area contributed by atoms with Gasteiger partial charge in [0.25, 0.3) is 0 Å². The molecule has 0 fully saturated rings. The molecule has 0 radical (unpaired) electrons. The average Bonchev–Trinajstić information content (AvgIpc) is 2.73. The molecule has 98 valence electrons. The third kappa shape index (κ3) is 2.00. The summed E-state index contributed by atoms with van der Waals surface area (Å²) in [6.07, 6.45) is 1.16. The molecule has 3 rings (SSSR count). The van der Waals surface area contributed by atoms with Crippen molar-refractivity contribution in [2.75, 3.05) is 0 Å². The fraction of sp³-hybridized carbons (Fsp3) is 0.231. The second kappa shape index (κ2) is 4.35. The van der Waals surface area contributed by atoms with Crippen LogP contribution < -0.4 is 0 Å². The Labute approximate surface area is 113 Å². The molecular weight excluding hydrogens is 271 g/mol. The number of fused-ring (bicyclic) bond motifs is 1. The Bertz CT molecular complexity index is 663. The standard InChI is InChI=1S/C13H10ClFN2O2/c14-6-1-2-7(10(15)5-6)8-3-4-9-11(8)16-13(19)17-12(9)18/h1-2,5,8H,3-4H2,(H2,16,17,18,19). The summed E-state index contributed by atoms with van der Waals surface area (Å²) in [5, 5.41) is 19.3. The Morgan fingerprint density at radius 2 is 2.05 bits per heavy atom. The monoisotopic (exact) mass is 280 g/mol. The number of nitrogens with zero attached hydrogens (tertiary/aromatic N) is 2. The molecule has 1 aromatic heterocycles. The highest BCUT2D eigenvalue weighted by Crippen LogP contribution is 2.41. The average molecular weight is 281 g/mol. The van der Waals surface area contributed by atoms with E-state index in [-0.39, 0.29) is 11.8 Å². The van der Waals surface area contributed by atoms with Crippen LogP contribution in [-0.4, -0.2) is 20.2 Å². The van der Waals surface area contributed by atoms with Gasteiger partial charge >= 0.3 is 6.01 Å². The van der Waals surface area contributed by atoms with E-state index in [4.69, 9.17) is 11.6 Å². The first kappa shape index (κ1) is 12.2. The van der Waals surface area contributed by atoms with Gasteiger partial charge in [0, 0.05) is 16.5 Å². The lowest BCUT2D eigenvalue weighted by Gasteiger charge is -2.12. The molecular formula is C13H10ClFN2O2. The normalized spacial score (nSPS) is 17.5. The first-order valence-corrected chi connectivity index (χ1v) is 6.17. The summed E-state index contributed by atoms with van der Waals surface area (Å²) < 4.78 is 13.9. The van der Waals surface area contributed by atoms with Crippen molar-refractivity contribution in [1.82, 2.24) is 9.97 Å². The van der Waals surface area contributed by atoms with E-state index in [1.54, 1.807) is 12.1 Å². The van der Waals surface area contributed by atoms with Crippen LogP contribution in [0.2, 0.25) is 5.02 Å². The molecule has 0 saturated heterocycles. The second-order valence-electron chi connectivity index (χ2n) is 4.47. The van der Waals surface area contributed by atoms with E-state index in [1.807, 2.05) is 0 Å². The van der Waals surface area contributed by atoms with Gasteiger partial charge < -0.3 is 10.2 Å². The molecule has 2 aromatic rings. The van der Waals surface area contributed by atoms with Crippen LogP contribution in [-0.2, 0) is 6.42 Å². The molecule has 1 aliphatic carbocycles. The summed E-state index contributed by atoms with van der Waals surface area (Å²) in [6.45, 7) is 0. The van der Waals surface area contributed by atoms with Crippen LogP contribution in [0.1, 0.15) is 29.2 Å². The molecule has 4 nitrogen and oxygen atoms in total. The third-order valence-corrected chi connectivity index (χ3v) is 3.59. The van der Waals surface area contributed by atoms with Crippen molar-refractivity contribution in [1.29, 1.82) is 0 Å². The number of halogens is 2. The van der Waals surface area contributed by atoms with Gasteiger partial charge in [0.15, 0.2) is 0 Å². The van der Waals surface area contributed by atoms with Crippen LogP contribution in [0, 0.1) is 5.82 Å². The molecule has 1 heterocycles. The maximum atomic E-state index is 13.9. The van der Waals surface area contributed by atoms with E-state index in [2.05, 4.69) is 9.97 Å². The van der Waals surface area contributed by atoms with Crippen molar-refractivity contribution in [3.8, 4) is 11.9 Å². The van der Waals surface area contributed by atoms with E-state index in [1.165, 1.54) is 6.07 Å². The highest BCUT2D eigenvalue weighted by molar-refractivity contribution is 6.30. The molecule has 0 aliphatic heterocycles. The van der Waals surface area contributed by atoms with Crippen LogP contribution in [0.5, 0.6) is 11.9 Å². The Hall–Kier alpha value is -1.88. The smallest absolute Gasteiger partial charge is 0.317 e. The summed E-state index contributed by atoms with van der Waals surface area (Å²) in [5.74, 6) is -0.950. The highest BCUT2D eigenvalue weighted by Gasteiger charge is 2.31. The SMILES string of the molecule is Oc1nc(O)c2c(n1)C(c1ccc(Cl)cc1F)CC2. The van der Waals surface area contributed by atoms with Crippen molar-refractivity contribution in [2.24, 2.45) is 0 Å². The lowest BCUT2D eigenvalue weighted by Crippen LogP contribution is -2.02. The lowest BCUT2D eigenvalue weighted by molar-refractivity contribution is 0.392. The summed E-state index contributed by atoms with van der Waals surface area (Å²) in [4.78, 5) is 7.42. The third-order valence-electron chi connectivity index (χ3n) is 3.36. The fourth-order valence-electron chi connectivity index (χ4n) is 2.52. The highest BCUT2D eigenvalue weighted by atomic mass is 35.5. The number of aromatic hydroxyl groups is 2. The molecule has 6 heteroatoms. The molecule has 0 bridgehead atoms. The van der Waals surface area contributed by atoms with E-state index in [9.17, 15) is 14.6 Å². The molecule has 1 atom stereocenters. The maximum Gasteiger partial charge on any atom is 0.317 e. The Balaban J connectivity index is 2.11. The molecule has 0 saturated carbocycles. The molecule has 19 heavy (non-hydrogen) atoms. The van der Waals surface area contributed by atoms with E-state index < -0.39 is 11.8 Å². The fourth-order valence-corrected chi connectivity index (χ4v) is 2.68. The molecule has 0 amide bonds. The first-order valence-electron chi connectivity index (χ1n) is 5.80. The van der Waals surface area contributed by atoms with Crippen LogP contribution in [0.4, 0.5) is 4.39 Å². The lowest BCUT2D eigenvalue weighted by atomic mass is 9.96. The quantitative estimate of drug-likeness (QED) is 0.843. The minimum atomic E-state index is -0.502. The summed E-state index contributed by atoms with van der Waals surface area (Å²) >= 11 is 5.73. The van der Waals surface area contributed by atoms with Gasteiger partial charge in [-0.2, -0.15) is 9.97 Å². The second-order valence-corrected chi connectivity index (χ2v) is 4.90. The number of aromatic nitrogens is 2. The zero-order chi connectivity index (χ0) is 13.6. The predicted molar refractivity (Wildman–Crippen MR) is 66.9 cm³/mol. The van der Waals surface area contributed by atoms with Crippen LogP contribution >= 0.6 is 11.6 Å².